The highest BCUT2D eigenvalue weighted by Crippen LogP contribution is 2.22. The number of amides is 2. The van der Waals surface area contributed by atoms with Crippen molar-refractivity contribution >= 4 is 12.2 Å². The predicted molar refractivity (Wildman–Crippen MR) is 89.0 cm³/mol. The van der Waals surface area contributed by atoms with Crippen LogP contribution in [0, 0.1) is 0 Å². The Hall–Kier alpha value is -1.58. The zero-order valence-corrected chi connectivity index (χ0v) is 15.6. The van der Waals surface area contributed by atoms with Gasteiger partial charge in [-0.05, 0) is 48.0 Å². The van der Waals surface area contributed by atoms with Gasteiger partial charge in [0, 0.05) is 0 Å². The third-order valence-corrected chi connectivity index (χ3v) is 3.44. The van der Waals surface area contributed by atoms with Crippen LogP contribution in [0.15, 0.2) is 0 Å². The Bertz CT molecular complexity index is 442. The van der Waals surface area contributed by atoms with Crippen LogP contribution in [0.1, 0.15) is 48.0 Å². The number of aliphatic hydroxyl groups excluding tert-OH is 3. The van der Waals surface area contributed by atoms with E-state index < -0.39 is 53.8 Å². The molecule has 9 heteroatoms. The molecule has 0 saturated heterocycles. The summed E-state index contributed by atoms with van der Waals surface area (Å²) in [4.78, 5) is 23.8. The van der Waals surface area contributed by atoms with E-state index in [1.165, 1.54) is 0 Å². The molecule has 0 heterocycles. The maximum atomic E-state index is 11.9. The van der Waals surface area contributed by atoms with Crippen LogP contribution in [0.3, 0.4) is 0 Å². The second kappa shape index (κ2) is 7.76. The van der Waals surface area contributed by atoms with Crippen LogP contribution in [-0.2, 0) is 9.47 Å². The van der Waals surface area contributed by atoms with Crippen molar-refractivity contribution in [3.8, 4) is 0 Å². The Morgan fingerprint density at radius 3 is 1.36 bits per heavy atom. The van der Waals surface area contributed by atoms with Gasteiger partial charge in [0.05, 0.1) is 12.1 Å². The highest BCUT2D eigenvalue weighted by Gasteiger charge is 2.44. The Balaban J connectivity index is 2.75. The summed E-state index contributed by atoms with van der Waals surface area (Å²) in [5.41, 5.74) is -1.45. The molecule has 0 aromatic heterocycles. The van der Waals surface area contributed by atoms with Gasteiger partial charge in [-0.2, -0.15) is 0 Å². The van der Waals surface area contributed by atoms with Gasteiger partial charge in [-0.3, -0.25) is 0 Å². The summed E-state index contributed by atoms with van der Waals surface area (Å²) in [5.74, 6) is 0. The van der Waals surface area contributed by atoms with Crippen LogP contribution in [0.4, 0.5) is 9.59 Å². The molecular formula is C16H30N2O7. The molecule has 2 amide bonds. The predicted octanol–water partition coefficient (Wildman–Crippen LogP) is 0.259. The number of carbonyl (C=O) groups is 2. The average Bonchev–Trinajstić information content (AvgIpc) is 2.37. The molecule has 5 atom stereocenters. The first kappa shape index (κ1) is 21.5. The molecule has 1 aliphatic rings. The highest BCUT2D eigenvalue weighted by molar-refractivity contribution is 5.69. The molecule has 1 aliphatic carbocycles. The normalized spacial score (nSPS) is 30.4. The maximum absolute atomic E-state index is 11.9. The van der Waals surface area contributed by atoms with E-state index in [9.17, 15) is 24.9 Å². The molecule has 0 bridgehead atoms. The summed E-state index contributed by atoms with van der Waals surface area (Å²) in [6.07, 6.45) is -5.89. The molecule has 1 saturated carbocycles. The Morgan fingerprint density at radius 1 is 0.760 bits per heavy atom. The molecule has 5 N–H and O–H groups in total. The van der Waals surface area contributed by atoms with Crippen LogP contribution in [0.25, 0.3) is 0 Å². The number of nitrogens with one attached hydrogen (secondary N) is 2. The van der Waals surface area contributed by atoms with E-state index in [0.717, 1.165) is 0 Å². The fourth-order valence-corrected chi connectivity index (χ4v) is 2.44. The Morgan fingerprint density at radius 2 is 1.08 bits per heavy atom. The van der Waals surface area contributed by atoms with Crippen molar-refractivity contribution in [2.75, 3.05) is 0 Å². The molecule has 0 aliphatic heterocycles. The molecule has 0 radical (unpaired) electrons. The lowest BCUT2D eigenvalue weighted by atomic mass is 9.84. The van der Waals surface area contributed by atoms with Gasteiger partial charge < -0.3 is 35.4 Å². The number of ether oxygens (including phenoxy) is 2. The standard InChI is InChI=1S/C16H30N2O7/c1-15(2,3)24-13(22)17-8-7-9(11(20)12(21)10(8)19)18-14(23)25-16(4,5)6/h8-12,19-21H,7H2,1-6H3,(H,17,22)(H,18,23)/t8-,9+,10+,11-,12?. The highest BCUT2D eigenvalue weighted by atomic mass is 16.6. The number of rotatable bonds is 2. The topological polar surface area (TPSA) is 137 Å². The minimum absolute atomic E-state index is 0.00210. The largest absolute Gasteiger partial charge is 0.444 e. The minimum Gasteiger partial charge on any atom is -0.444 e. The summed E-state index contributed by atoms with van der Waals surface area (Å²) in [6, 6.07) is -1.82. The molecular weight excluding hydrogens is 332 g/mol. The van der Waals surface area contributed by atoms with E-state index in [2.05, 4.69) is 10.6 Å². The van der Waals surface area contributed by atoms with E-state index in [0.29, 0.717) is 0 Å². The minimum atomic E-state index is -1.55. The molecule has 1 fully saturated rings. The molecule has 0 aromatic rings. The average molecular weight is 362 g/mol. The van der Waals surface area contributed by atoms with Crippen LogP contribution < -0.4 is 10.6 Å². The number of hydrogen-bond donors (Lipinski definition) is 5. The van der Waals surface area contributed by atoms with Crippen molar-refractivity contribution < 1.29 is 34.4 Å². The van der Waals surface area contributed by atoms with E-state index in [1.807, 2.05) is 0 Å². The van der Waals surface area contributed by atoms with Crippen LogP contribution in [0.2, 0.25) is 0 Å². The van der Waals surface area contributed by atoms with Crippen LogP contribution in [0.5, 0.6) is 0 Å². The van der Waals surface area contributed by atoms with Crippen LogP contribution in [-0.4, -0.2) is 69.1 Å². The van der Waals surface area contributed by atoms with E-state index in [-0.39, 0.29) is 6.42 Å². The van der Waals surface area contributed by atoms with Gasteiger partial charge in [0.25, 0.3) is 0 Å². The van der Waals surface area contributed by atoms with Gasteiger partial charge in [0.15, 0.2) is 0 Å². The second-order valence-electron chi connectivity index (χ2n) is 8.21. The monoisotopic (exact) mass is 362 g/mol. The van der Waals surface area contributed by atoms with E-state index in [1.54, 1.807) is 41.5 Å². The zero-order chi connectivity index (χ0) is 19.6. The molecule has 25 heavy (non-hydrogen) atoms. The summed E-state index contributed by atoms with van der Waals surface area (Å²) in [5, 5.41) is 35.0. The lowest BCUT2D eigenvalue weighted by Crippen LogP contribution is -2.64. The van der Waals surface area contributed by atoms with Crippen molar-refractivity contribution in [2.45, 2.75) is 89.6 Å². The van der Waals surface area contributed by atoms with E-state index >= 15 is 0 Å². The number of alkyl carbamates (subject to hydrolysis) is 2. The SMILES string of the molecule is CC(C)(C)OC(=O)N[C@H]1C[C@@H](NC(=O)OC(C)(C)C)[C@H](O)C(O)[C@@H]1O. The maximum Gasteiger partial charge on any atom is 0.407 e. The van der Waals surface area contributed by atoms with Crippen molar-refractivity contribution in [3.05, 3.63) is 0 Å². The fraction of sp³-hybridized carbons (Fsp3) is 0.875. The molecule has 0 spiro atoms. The number of carbonyl (C=O) groups excluding carboxylic acids is 2. The van der Waals surface area contributed by atoms with Crippen molar-refractivity contribution in [1.82, 2.24) is 10.6 Å². The molecule has 0 aromatic carbocycles. The molecule has 1 unspecified atom stereocenters. The van der Waals surface area contributed by atoms with Gasteiger partial charge >= 0.3 is 12.2 Å². The fourth-order valence-electron chi connectivity index (χ4n) is 2.44. The first-order valence-electron chi connectivity index (χ1n) is 8.23. The quantitative estimate of drug-likeness (QED) is 0.475. The van der Waals surface area contributed by atoms with Crippen molar-refractivity contribution in [3.63, 3.8) is 0 Å². The molecule has 146 valence electrons. The summed E-state index contributed by atoms with van der Waals surface area (Å²) < 4.78 is 10.2. The van der Waals surface area contributed by atoms with Gasteiger partial charge in [0.2, 0.25) is 0 Å². The summed E-state index contributed by atoms with van der Waals surface area (Å²) in [7, 11) is 0. The first-order valence-corrected chi connectivity index (χ1v) is 8.23. The third-order valence-electron chi connectivity index (χ3n) is 3.44. The first-order chi connectivity index (χ1) is 11.2. The zero-order valence-electron chi connectivity index (χ0n) is 15.6. The Labute approximate surface area is 147 Å². The lowest BCUT2D eigenvalue weighted by Gasteiger charge is -2.41. The van der Waals surface area contributed by atoms with Gasteiger partial charge in [-0.1, -0.05) is 0 Å². The Kier molecular flexibility index (Phi) is 6.66. The second-order valence-corrected chi connectivity index (χ2v) is 8.21. The van der Waals surface area contributed by atoms with Crippen molar-refractivity contribution in [1.29, 1.82) is 0 Å². The van der Waals surface area contributed by atoms with E-state index in [4.69, 9.17) is 9.47 Å². The number of hydrogen-bond acceptors (Lipinski definition) is 7. The van der Waals surface area contributed by atoms with Crippen molar-refractivity contribution in [2.24, 2.45) is 0 Å². The summed E-state index contributed by atoms with van der Waals surface area (Å²) >= 11 is 0. The van der Waals surface area contributed by atoms with Gasteiger partial charge in [-0.15, -0.1) is 0 Å². The van der Waals surface area contributed by atoms with Gasteiger partial charge in [-0.25, -0.2) is 9.59 Å². The smallest absolute Gasteiger partial charge is 0.407 e. The summed E-state index contributed by atoms with van der Waals surface area (Å²) in [6.45, 7) is 10.1. The lowest BCUT2D eigenvalue weighted by molar-refractivity contribution is -0.111. The third kappa shape index (κ3) is 7.05. The molecule has 9 nitrogen and oxygen atoms in total. The number of aliphatic hydroxyl groups is 3. The van der Waals surface area contributed by atoms with Crippen LogP contribution >= 0.6 is 0 Å². The van der Waals surface area contributed by atoms with Gasteiger partial charge in [0.1, 0.15) is 29.5 Å². The molecule has 1 rings (SSSR count).